The topological polar surface area (TPSA) is 495 Å². The van der Waals surface area contributed by atoms with Gasteiger partial charge < -0.3 is 143 Å². The average molecular weight is 1530 g/mol. The Balaban J connectivity index is 0.808. The quantitative estimate of drug-likeness (QED) is 0.0484. The number of esters is 2. The van der Waals surface area contributed by atoms with Gasteiger partial charge in [-0.25, -0.2) is 14.4 Å². The van der Waals surface area contributed by atoms with Crippen LogP contribution in [0.1, 0.15) is 130 Å². The van der Waals surface area contributed by atoms with Gasteiger partial charge in [0.05, 0.1) is 54.2 Å². The van der Waals surface area contributed by atoms with Crippen LogP contribution in [0, 0.1) is 50.2 Å². The maximum absolute atomic E-state index is 14.4. The second-order valence-electron chi connectivity index (χ2n) is 34.0. The van der Waals surface area contributed by atoms with E-state index in [4.69, 9.17) is 61.6 Å². The predicted molar refractivity (Wildman–Crippen MR) is 365 cm³/mol. The van der Waals surface area contributed by atoms with E-state index in [0.29, 0.717) is 37.7 Å². The number of aliphatic hydroxyl groups excluding tert-OH is 15. The second-order valence-corrected chi connectivity index (χ2v) is 34.0. The van der Waals surface area contributed by atoms with Crippen molar-refractivity contribution in [2.75, 3.05) is 13.2 Å². The van der Waals surface area contributed by atoms with Gasteiger partial charge >= 0.3 is 17.9 Å². The van der Waals surface area contributed by atoms with Gasteiger partial charge in [-0.2, -0.15) is 0 Å². The van der Waals surface area contributed by atoms with Crippen LogP contribution >= 0.6 is 0 Å². The molecular weight excluding hydrogens is 1420 g/mol. The van der Waals surface area contributed by atoms with E-state index < -0.39 is 259 Å². The molecule has 2 bridgehead atoms. The number of ether oxygens (including phenoxy) is 13. The van der Waals surface area contributed by atoms with Crippen LogP contribution in [0.2, 0.25) is 0 Å². The Morgan fingerprint density at radius 2 is 1.02 bits per heavy atom. The molecule has 6 saturated heterocycles. The third-order valence-electron chi connectivity index (χ3n) is 27.5. The number of carbonyl (C=O) groups is 3. The lowest BCUT2D eigenvalue weighted by Crippen LogP contribution is -2.77. The van der Waals surface area contributed by atoms with E-state index in [1.807, 2.05) is 58.0 Å². The van der Waals surface area contributed by atoms with Gasteiger partial charge in [0.2, 0.25) is 0 Å². The SMILES string of the molecule is C[C@@H]1OC(O[C@H]2C(O)[C@@H](O)C(CO)O[C@H]2OC2[C@H](O)C(C(=O)O)O[C@@H](O[C@H]3CC[C@@]4(C)C(CC[C@]5(C)C4CC[C@]46O[C@H](O)[C@]7(C4CC(C)(C)[C@@H](OC(=O)c4ccccc4)[C@@H]7OC(=O)/C=C/c4ccccc4)[C@H](O)C[C@]65C)C3(C)C)[C@H]2O[C@@H]2OC(CO)[C@@H](O)C(O)[C@@H]2O)C(OC2O[C@@H](C)[C@H](O)C(O)[C@@H]2O)[C@@H](O)C1O. The van der Waals surface area contributed by atoms with E-state index in [1.54, 1.807) is 36.4 Å². The Hall–Kier alpha value is -4.45. The van der Waals surface area contributed by atoms with E-state index >= 15 is 0 Å². The Morgan fingerprint density at radius 3 is 1.65 bits per heavy atom. The summed E-state index contributed by atoms with van der Waals surface area (Å²) in [6.45, 7) is 15.1. The first-order valence-electron chi connectivity index (χ1n) is 37.6. The van der Waals surface area contributed by atoms with Crippen LogP contribution in [0.5, 0.6) is 0 Å². The molecule has 11 aliphatic rings. The number of fused-ring (bicyclic) bond motifs is 4. The van der Waals surface area contributed by atoms with E-state index in [-0.39, 0.29) is 36.7 Å². The Labute approximate surface area is 624 Å². The molecular formula is C76H108O32. The summed E-state index contributed by atoms with van der Waals surface area (Å²) in [7, 11) is 0. The van der Waals surface area contributed by atoms with Crippen molar-refractivity contribution in [1.82, 2.24) is 0 Å². The monoisotopic (exact) mass is 1530 g/mol. The number of rotatable bonds is 18. The molecule has 38 atom stereocenters. The van der Waals surface area contributed by atoms with E-state index in [0.717, 1.165) is 0 Å². The largest absolute Gasteiger partial charge is 0.479 e. The molecule has 604 valence electrons. The molecule has 108 heavy (non-hydrogen) atoms. The third kappa shape index (κ3) is 13.3. The Kier molecular flexibility index (Phi) is 22.9. The second kappa shape index (κ2) is 30.4. The highest BCUT2D eigenvalue weighted by molar-refractivity contribution is 5.90. The number of carboxylic acids is 1. The van der Waals surface area contributed by atoms with Gasteiger partial charge in [0.25, 0.3) is 0 Å². The molecule has 11 fully saturated rings. The van der Waals surface area contributed by atoms with Crippen LogP contribution < -0.4 is 0 Å². The Bertz CT molecular complexity index is 3520. The van der Waals surface area contributed by atoms with Gasteiger partial charge in [-0.1, -0.05) is 97.0 Å². The number of hydrogen-bond donors (Lipinski definition) is 16. The van der Waals surface area contributed by atoms with Crippen molar-refractivity contribution in [2.24, 2.45) is 50.2 Å². The molecule has 0 aromatic heterocycles. The minimum absolute atomic E-state index is 0.0823. The van der Waals surface area contributed by atoms with Gasteiger partial charge in [0, 0.05) is 22.8 Å². The summed E-state index contributed by atoms with van der Waals surface area (Å²) in [6.07, 6.45) is -49.2. The molecule has 32 heteroatoms. The molecule has 32 nitrogen and oxygen atoms in total. The number of carbonyl (C=O) groups excluding carboxylic acids is 2. The lowest BCUT2D eigenvalue weighted by Gasteiger charge is -2.75. The molecule has 5 saturated carbocycles. The highest BCUT2D eigenvalue weighted by Crippen LogP contribution is 2.82. The zero-order valence-electron chi connectivity index (χ0n) is 61.7. The molecule has 2 aromatic carbocycles. The Morgan fingerprint density at radius 1 is 0.500 bits per heavy atom. The lowest BCUT2D eigenvalue weighted by molar-refractivity contribution is -0.412. The van der Waals surface area contributed by atoms with Crippen LogP contribution in [0.3, 0.4) is 0 Å². The minimum Gasteiger partial charge on any atom is -0.479 e. The van der Waals surface area contributed by atoms with E-state index in [1.165, 1.54) is 19.9 Å². The van der Waals surface area contributed by atoms with Crippen molar-refractivity contribution >= 4 is 24.0 Å². The van der Waals surface area contributed by atoms with Crippen molar-refractivity contribution in [3.63, 3.8) is 0 Å². The molecule has 14 unspecified atom stereocenters. The fourth-order valence-corrected chi connectivity index (χ4v) is 21.6. The van der Waals surface area contributed by atoms with Gasteiger partial charge in [-0.05, 0) is 117 Å². The number of benzene rings is 2. The van der Waals surface area contributed by atoms with Crippen LogP contribution in [0.15, 0.2) is 66.7 Å². The van der Waals surface area contributed by atoms with Gasteiger partial charge in [0.1, 0.15) is 110 Å². The normalized spacial score (nSPS) is 50.3. The summed E-state index contributed by atoms with van der Waals surface area (Å²) in [6, 6.07) is 17.5. The zero-order valence-corrected chi connectivity index (χ0v) is 61.7. The maximum atomic E-state index is 14.4. The average Bonchev–Trinajstić information content (AvgIpc) is 1.41. The zero-order chi connectivity index (χ0) is 78.2. The number of carboxylic acid groups (broad SMARTS) is 1. The summed E-state index contributed by atoms with van der Waals surface area (Å²) in [4.78, 5) is 42.2. The maximum Gasteiger partial charge on any atom is 0.338 e. The molecule has 1 spiro atoms. The summed E-state index contributed by atoms with van der Waals surface area (Å²) in [5.74, 6) is -4.27. The first-order valence-corrected chi connectivity index (χ1v) is 37.6. The first-order chi connectivity index (χ1) is 50.9. The molecule has 5 aliphatic carbocycles. The number of aliphatic carboxylic acids is 1. The van der Waals surface area contributed by atoms with Crippen molar-refractivity contribution in [2.45, 2.75) is 304 Å². The number of hydrogen-bond acceptors (Lipinski definition) is 31. The number of aliphatic hydroxyl groups is 15. The van der Waals surface area contributed by atoms with E-state index in [2.05, 4.69) is 20.8 Å². The van der Waals surface area contributed by atoms with Crippen molar-refractivity contribution in [3.05, 3.63) is 77.9 Å². The third-order valence-corrected chi connectivity index (χ3v) is 27.5. The van der Waals surface area contributed by atoms with Crippen LogP contribution in [0.25, 0.3) is 6.08 Å². The highest BCUT2D eigenvalue weighted by atomic mass is 16.8. The van der Waals surface area contributed by atoms with Crippen LogP contribution in [-0.2, 0) is 71.2 Å². The standard InChI is InChI=1S/C76H108O32/c1-32-44(81)48(85)52(89)64(96-32)104-57-50(87)45(82)33(2)97-66(57)105-58-51(88)47(84)37(31-78)99-67(58)102-55-54(91)56(62(92)93)103-68(59(55)106-65-53(90)49(86)46(83)36(30-77)98-65)100-42-24-25-72(7)38(71(42,5)6)22-26-73(8)39(72)23-27-75-40-28-70(3,4)60(107-63(94)35-18-14-11-15-19-35)61(101-43(80)21-20-34-16-12-10-13-17-34)76(40,69(95)108-75)41(79)29-74(73,75)9/h10-21,32-33,36-42,44-61,64-69,77-79,81-91,95H,22-31H2,1-9H3,(H,92,93)/b21-20+/t32-,33-,36?,37?,38?,39?,40?,41+,42-,44-,45?,46+,47-,48?,49?,50-,51?,52-,53-,54-,55?,56?,57?,58-,59-,60-,61-,64?,65-,66?,67-,68+,69-,72-,73+,74-,75-,76+/m0/s1. The molecule has 6 aliphatic heterocycles. The van der Waals surface area contributed by atoms with Crippen molar-refractivity contribution in [1.29, 1.82) is 0 Å². The van der Waals surface area contributed by atoms with Crippen LogP contribution in [-0.4, -0.2) is 303 Å². The highest BCUT2D eigenvalue weighted by Gasteiger charge is 2.86. The summed E-state index contributed by atoms with van der Waals surface area (Å²) in [5.41, 5.74) is -5.88. The summed E-state index contributed by atoms with van der Waals surface area (Å²) in [5, 5.41) is 183. The predicted octanol–water partition coefficient (Wildman–Crippen LogP) is -0.990. The first kappa shape index (κ1) is 81.6. The molecule has 13 rings (SSSR count). The molecule has 0 radical (unpaired) electrons. The molecule has 16 N–H and O–H groups in total. The van der Waals surface area contributed by atoms with Gasteiger partial charge in [-0.15, -0.1) is 0 Å². The van der Waals surface area contributed by atoms with Gasteiger partial charge in [-0.3, -0.25) is 0 Å². The van der Waals surface area contributed by atoms with E-state index in [9.17, 15) is 96.1 Å². The van der Waals surface area contributed by atoms with Crippen molar-refractivity contribution in [3.8, 4) is 0 Å². The summed E-state index contributed by atoms with van der Waals surface area (Å²) < 4.78 is 82.4. The lowest BCUT2D eigenvalue weighted by atomic mass is 9.30. The summed E-state index contributed by atoms with van der Waals surface area (Å²) >= 11 is 0. The van der Waals surface area contributed by atoms with Gasteiger partial charge in [0.15, 0.2) is 49.9 Å². The molecule has 0 amide bonds. The molecule has 2 aromatic rings. The molecule has 6 heterocycles. The van der Waals surface area contributed by atoms with Crippen molar-refractivity contribution < 1.29 is 158 Å². The fourth-order valence-electron chi connectivity index (χ4n) is 21.6. The minimum atomic E-state index is -2.38. The smallest absolute Gasteiger partial charge is 0.338 e. The van der Waals surface area contributed by atoms with Crippen LogP contribution in [0.4, 0.5) is 0 Å². The fraction of sp³-hybridized carbons (Fsp3) is 0.776.